The van der Waals surface area contributed by atoms with Gasteiger partial charge in [0.1, 0.15) is 0 Å². The molecule has 0 heterocycles. The topological polar surface area (TPSA) is 3.24 Å². The summed E-state index contributed by atoms with van der Waals surface area (Å²) >= 11 is 0. The second-order valence-corrected chi connectivity index (χ2v) is 4.84. The summed E-state index contributed by atoms with van der Waals surface area (Å²) in [7, 11) is 0. The van der Waals surface area contributed by atoms with Gasteiger partial charge in [0, 0.05) is 12.1 Å². The van der Waals surface area contributed by atoms with E-state index in [1.807, 2.05) is 6.08 Å². The van der Waals surface area contributed by atoms with Crippen LogP contribution in [0.2, 0.25) is 0 Å². The molecule has 0 N–H and O–H groups in total. The molecule has 0 spiro atoms. The Morgan fingerprint density at radius 1 is 1.07 bits per heavy atom. The third-order valence-corrected chi connectivity index (χ3v) is 2.78. The fourth-order valence-electron chi connectivity index (χ4n) is 1.88. The highest BCUT2D eigenvalue weighted by Gasteiger charge is 2.13. The molecule has 0 aliphatic carbocycles. The van der Waals surface area contributed by atoms with Crippen LogP contribution in [0.3, 0.4) is 0 Å². The maximum Gasteiger partial charge on any atom is 0.00412 e. The Bertz CT molecular complexity index is 141. The smallest absolute Gasteiger partial charge is 0.00412 e. The molecule has 0 aliphatic heterocycles. The van der Waals surface area contributed by atoms with Crippen LogP contribution in [0.1, 0.15) is 47.5 Å². The van der Waals surface area contributed by atoms with Gasteiger partial charge in [0.15, 0.2) is 0 Å². The van der Waals surface area contributed by atoms with E-state index in [9.17, 15) is 0 Å². The van der Waals surface area contributed by atoms with Crippen LogP contribution in [0.5, 0.6) is 0 Å². The minimum absolute atomic E-state index is 0.658. The van der Waals surface area contributed by atoms with Crippen molar-refractivity contribution in [2.75, 3.05) is 6.54 Å². The van der Waals surface area contributed by atoms with Crippen LogP contribution >= 0.6 is 0 Å². The van der Waals surface area contributed by atoms with E-state index in [1.165, 1.54) is 13.0 Å². The Labute approximate surface area is 90.2 Å². The van der Waals surface area contributed by atoms with Gasteiger partial charge in [0.2, 0.25) is 0 Å². The normalized spacial score (nSPS) is 14.0. The molecule has 0 fully saturated rings. The Hall–Kier alpha value is -0.300. The summed E-state index contributed by atoms with van der Waals surface area (Å²) in [4.78, 5) is 2.56. The van der Waals surface area contributed by atoms with Gasteiger partial charge in [-0.25, -0.2) is 0 Å². The van der Waals surface area contributed by atoms with E-state index in [-0.39, 0.29) is 0 Å². The van der Waals surface area contributed by atoms with Gasteiger partial charge in [-0.3, -0.25) is 4.90 Å². The molecule has 14 heavy (non-hydrogen) atoms. The Balaban J connectivity index is 3.87. The Morgan fingerprint density at radius 2 is 1.57 bits per heavy atom. The van der Waals surface area contributed by atoms with E-state index in [0.29, 0.717) is 12.1 Å². The highest BCUT2D eigenvalue weighted by atomic mass is 15.2. The monoisotopic (exact) mass is 197 g/mol. The zero-order valence-electron chi connectivity index (χ0n) is 10.6. The van der Waals surface area contributed by atoms with Crippen molar-refractivity contribution in [1.82, 2.24) is 4.90 Å². The molecule has 0 saturated heterocycles. The molecule has 0 rings (SSSR count). The first-order valence-corrected chi connectivity index (χ1v) is 5.85. The van der Waals surface area contributed by atoms with Crippen molar-refractivity contribution in [1.29, 1.82) is 0 Å². The third-order valence-electron chi connectivity index (χ3n) is 2.78. The van der Waals surface area contributed by atoms with E-state index < -0.39 is 0 Å². The van der Waals surface area contributed by atoms with Crippen molar-refractivity contribution in [3.63, 3.8) is 0 Å². The molecule has 1 atom stereocenters. The Morgan fingerprint density at radius 3 is 1.93 bits per heavy atom. The molecule has 1 unspecified atom stereocenters. The van der Waals surface area contributed by atoms with E-state index >= 15 is 0 Å². The summed E-state index contributed by atoms with van der Waals surface area (Å²) < 4.78 is 0. The summed E-state index contributed by atoms with van der Waals surface area (Å²) in [5, 5.41) is 0. The van der Waals surface area contributed by atoms with Crippen LogP contribution in [-0.4, -0.2) is 23.5 Å². The number of nitrogens with zero attached hydrogens (tertiary/aromatic N) is 1. The zero-order chi connectivity index (χ0) is 11.1. The molecule has 0 radical (unpaired) electrons. The van der Waals surface area contributed by atoms with Gasteiger partial charge in [0.25, 0.3) is 0 Å². The molecule has 0 aromatic heterocycles. The second kappa shape index (κ2) is 7.05. The molecule has 0 aromatic carbocycles. The summed E-state index contributed by atoms with van der Waals surface area (Å²) in [6.07, 6.45) is 4.45. The highest BCUT2D eigenvalue weighted by Crippen LogP contribution is 2.12. The minimum atomic E-state index is 0.658. The van der Waals surface area contributed by atoms with Crippen LogP contribution in [0, 0.1) is 5.92 Å². The SMILES string of the molecule is C=CCC(C)CCN(C(C)C)C(C)C. The van der Waals surface area contributed by atoms with E-state index in [0.717, 1.165) is 12.3 Å². The van der Waals surface area contributed by atoms with E-state index in [4.69, 9.17) is 0 Å². The number of hydrogen-bond donors (Lipinski definition) is 0. The van der Waals surface area contributed by atoms with Crippen molar-refractivity contribution >= 4 is 0 Å². The summed E-state index contributed by atoms with van der Waals surface area (Å²) in [6.45, 7) is 16.4. The largest absolute Gasteiger partial charge is 0.299 e. The molecule has 0 saturated carbocycles. The lowest BCUT2D eigenvalue weighted by atomic mass is 10.0. The number of hydrogen-bond acceptors (Lipinski definition) is 1. The highest BCUT2D eigenvalue weighted by molar-refractivity contribution is 4.73. The van der Waals surface area contributed by atoms with Crippen LogP contribution < -0.4 is 0 Å². The maximum absolute atomic E-state index is 3.78. The Kier molecular flexibility index (Phi) is 6.90. The van der Waals surface area contributed by atoms with Crippen molar-refractivity contribution in [3.05, 3.63) is 12.7 Å². The summed E-state index contributed by atoms with van der Waals surface area (Å²) in [5.74, 6) is 0.771. The van der Waals surface area contributed by atoms with E-state index in [2.05, 4.69) is 46.1 Å². The van der Waals surface area contributed by atoms with Crippen molar-refractivity contribution < 1.29 is 0 Å². The summed E-state index contributed by atoms with van der Waals surface area (Å²) in [5.41, 5.74) is 0. The lowest BCUT2D eigenvalue weighted by Crippen LogP contribution is -2.38. The third kappa shape index (κ3) is 5.43. The minimum Gasteiger partial charge on any atom is -0.299 e. The molecule has 0 amide bonds. The van der Waals surface area contributed by atoms with Crippen LogP contribution in [0.25, 0.3) is 0 Å². The second-order valence-electron chi connectivity index (χ2n) is 4.84. The van der Waals surface area contributed by atoms with Gasteiger partial charge in [-0.1, -0.05) is 13.0 Å². The molecule has 0 aliphatic rings. The van der Waals surface area contributed by atoms with Crippen LogP contribution in [0.4, 0.5) is 0 Å². The van der Waals surface area contributed by atoms with Gasteiger partial charge >= 0.3 is 0 Å². The lowest BCUT2D eigenvalue weighted by molar-refractivity contribution is 0.164. The average molecular weight is 197 g/mol. The average Bonchev–Trinajstić information content (AvgIpc) is 2.03. The van der Waals surface area contributed by atoms with E-state index in [1.54, 1.807) is 0 Å². The molecule has 1 nitrogen and oxygen atoms in total. The fraction of sp³-hybridized carbons (Fsp3) is 0.846. The molecule has 1 heteroatoms. The quantitative estimate of drug-likeness (QED) is 0.562. The molecule has 0 bridgehead atoms. The number of rotatable bonds is 7. The predicted molar refractivity (Wildman–Crippen MR) is 65.6 cm³/mol. The van der Waals surface area contributed by atoms with Gasteiger partial charge in [-0.05, 0) is 53.0 Å². The molecule has 84 valence electrons. The van der Waals surface area contributed by atoms with Crippen molar-refractivity contribution in [3.8, 4) is 0 Å². The zero-order valence-corrected chi connectivity index (χ0v) is 10.6. The van der Waals surface area contributed by atoms with Crippen molar-refractivity contribution in [2.24, 2.45) is 5.92 Å². The fourth-order valence-corrected chi connectivity index (χ4v) is 1.88. The van der Waals surface area contributed by atoms with Gasteiger partial charge in [-0.15, -0.1) is 6.58 Å². The maximum atomic E-state index is 3.78. The van der Waals surface area contributed by atoms with Crippen LogP contribution in [-0.2, 0) is 0 Å². The number of allylic oxidation sites excluding steroid dienone is 1. The van der Waals surface area contributed by atoms with Gasteiger partial charge in [-0.2, -0.15) is 0 Å². The first-order valence-electron chi connectivity index (χ1n) is 5.85. The van der Waals surface area contributed by atoms with Gasteiger partial charge < -0.3 is 0 Å². The molecule has 0 aromatic rings. The van der Waals surface area contributed by atoms with Gasteiger partial charge in [0.05, 0.1) is 0 Å². The first-order chi connectivity index (χ1) is 6.49. The summed E-state index contributed by atoms with van der Waals surface area (Å²) in [6, 6.07) is 1.32. The van der Waals surface area contributed by atoms with Crippen molar-refractivity contribution in [2.45, 2.75) is 59.5 Å². The first kappa shape index (κ1) is 13.7. The lowest BCUT2D eigenvalue weighted by Gasteiger charge is -2.31. The standard InChI is InChI=1S/C13H27N/c1-7-8-13(6)9-10-14(11(2)3)12(4)5/h7,11-13H,1,8-10H2,2-6H3. The van der Waals surface area contributed by atoms with Crippen LogP contribution in [0.15, 0.2) is 12.7 Å². The molecular weight excluding hydrogens is 170 g/mol. The predicted octanol–water partition coefficient (Wildman–Crippen LogP) is 3.71. The molecular formula is C13H27N.